The van der Waals surface area contributed by atoms with E-state index < -0.39 is 89.5 Å². The summed E-state index contributed by atoms with van der Waals surface area (Å²) in [5.74, 6) is -3.45. The van der Waals surface area contributed by atoms with Crippen molar-refractivity contribution in [3.63, 3.8) is 0 Å². The topological polar surface area (TPSA) is 458 Å². The first-order valence-corrected chi connectivity index (χ1v) is 27.2. The van der Waals surface area contributed by atoms with Crippen molar-refractivity contribution in [2.45, 2.75) is 9.79 Å². The second kappa shape index (κ2) is 27.5. The van der Waals surface area contributed by atoms with E-state index in [9.17, 15) is 75.9 Å². The molecular formula is C47H32N10Na4O17S4. The molecule has 400 valence electrons. The van der Waals surface area contributed by atoms with Crippen LogP contribution in [0.2, 0.25) is 0 Å². The van der Waals surface area contributed by atoms with Crippen LogP contribution in [-0.2, 0) is 50.1 Å². The van der Waals surface area contributed by atoms with Gasteiger partial charge in [-0.3, -0.25) is 51.7 Å². The summed E-state index contributed by atoms with van der Waals surface area (Å²) in [7, 11) is -20.5. The van der Waals surface area contributed by atoms with E-state index in [1.165, 1.54) is 85.0 Å². The minimum Gasteiger partial charge on any atom is -0.744 e. The molecule has 10 N–H and O–H groups in total. The Morgan fingerprint density at radius 2 is 0.732 bits per heavy atom. The third kappa shape index (κ3) is 16.4. The zero-order chi connectivity index (χ0) is 56.6. The van der Waals surface area contributed by atoms with Crippen LogP contribution >= 0.6 is 0 Å². The molecule has 0 unspecified atom stereocenters. The molecule has 8 rings (SSSR count). The van der Waals surface area contributed by atoms with Gasteiger partial charge in [0.25, 0.3) is 11.8 Å². The summed E-state index contributed by atoms with van der Waals surface area (Å²) in [6.45, 7) is 0. The van der Waals surface area contributed by atoms with Crippen LogP contribution in [0.3, 0.4) is 0 Å². The molecule has 4 amide bonds. The van der Waals surface area contributed by atoms with Crippen molar-refractivity contribution in [1.29, 1.82) is 10.8 Å². The summed E-state index contributed by atoms with van der Waals surface area (Å²) in [6, 6.07) is 16.2. The Hall–Kier alpha value is -5.47. The van der Waals surface area contributed by atoms with Crippen molar-refractivity contribution in [3.05, 3.63) is 188 Å². The van der Waals surface area contributed by atoms with Gasteiger partial charge in [0.2, 0.25) is 0 Å². The molecule has 4 aliphatic rings. The van der Waals surface area contributed by atoms with E-state index >= 15 is 0 Å². The van der Waals surface area contributed by atoms with Crippen LogP contribution < -0.4 is 161 Å². The molecule has 0 aromatic heterocycles. The Morgan fingerprint density at radius 3 is 1.05 bits per heavy atom. The van der Waals surface area contributed by atoms with Crippen molar-refractivity contribution in [2.75, 3.05) is 32.1 Å². The number of carbonyl (C=O) groups is 5. The smallest absolute Gasteiger partial charge is 0.744 e. The first-order chi connectivity index (χ1) is 36.5. The van der Waals surface area contributed by atoms with Crippen LogP contribution in [0.15, 0.2) is 187 Å². The number of benzene rings is 4. The molecule has 0 fully saturated rings. The van der Waals surface area contributed by atoms with Gasteiger partial charge in [0.15, 0.2) is 11.6 Å². The third-order valence-corrected chi connectivity index (χ3v) is 14.5. The Morgan fingerprint density at radius 1 is 0.402 bits per heavy atom. The fourth-order valence-electron chi connectivity index (χ4n) is 7.54. The van der Waals surface area contributed by atoms with Crippen molar-refractivity contribution in [2.24, 2.45) is 0 Å². The van der Waals surface area contributed by atoms with Gasteiger partial charge in [0, 0.05) is 46.0 Å². The normalized spacial score (nSPS) is 14.7. The van der Waals surface area contributed by atoms with Crippen LogP contribution in [0.5, 0.6) is 0 Å². The van der Waals surface area contributed by atoms with E-state index in [0.717, 1.165) is 36.4 Å². The zero-order valence-electron chi connectivity index (χ0n) is 42.8. The Kier molecular flexibility index (Phi) is 23.1. The van der Waals surface area contributed by atoms with Gasteiger partial charge in [0.05, 0.1) is 64.9 Å². The predicted molar refractivity (Wildman–Crippen MR) is 273 cm³/mol. The number of hydrazine groups is 2. The van der Waals surface area contributed by atoms with Gasteiger partial charge in [-0.15, -0.1) is 0 Å². The molecule has 35 heteroatoms. The minimum atomic E-state index is -5.26. The summed E-state index contributed by atoms with van der Waals surface area (Å²) in [4.78, 5) is 61.4. The fourth-order valence-corrected chi connectivity index (χ4v) is 9.90. The molecule has 0 spiro atoms. The number of hydrogen-bond donors (Lipinski definition) is 10. The number of anilines is 6. The Labute approximate surface area is 554 Å². The number of nitrogens with one attached hydrogen (secondary N) is 10. The van der Waals surface area contributed by atoms with Gasteiger partial charge in [-0.25, -0.2) is 38.5 Å². The molecule has 0 atom stereocenters. The number of allylic oxidation sites excluding steroid dienone is 12. The van der Waals surface area contributed by atoms with Crippen molar-refractivity contribution in [3.8, 4) is 0 Å². The average molecular weight is 1230 g/mol. The van der Waals surface area contributed by atoms with Gasteiger partial charge < -0.3 is 39.5 Å². The Balaban J connectivity index is 0.00000361. The number of hydrogen-bond acceptors (Lipinski definition) is 23. The standard InChI is InChI=1S/C47H36N10O17S4.4Na/c48-33-13-5-25-17-31(75(63,64)65)21-37(58)41(25)43(33)56-54-35-15-11-29(19-39(35)77(69,70)71)50-45(60)23-1-7-27(8-2-23)52-47(62)53-28-9-3-24(4-10-28)46(61)51-30-12-16-36(40(20-30)78(72,73)74)55-57-44-34(49)14-6-26-18-32(76(66,67)68)22-38(59)42(26)44;;;;/h1-22,48-49,54-57H,(H,50,60)(H,51,61)(H2,52,53,62)(H,63,64,65)(H,66,67,68)(H,69,70,71)(H,72,73,74);;;;/q;4*+1/p-4. The molecule has 27 nitrogen and oxygen atoms in total. The van der Waals surface area contributed by atoms with Crippen molar-refractivity contribution < 1.29 is 194 Å². The zero-order valence-corrected chi connectivity index (χ0v) is 54.0. The fraction of sp³-hybridized carbons (Fsp3) is 0. The van der Waals surface area contributed by atoms with E-state index in [0.29, 0.717) is 12.2 Å². The van der Waals surface area contributed by atoms with Crippen molar-refractivity contribution >= 4 is 115 Å². The maximum Gasteiger partial charge on any atom is 1.00 e. The maximum absolute atomic E-state index is 13.1. The largest absolute Gasteiger partial charge is 1.00 e. The van der Waals surface area contributed by atoms with E-state index in [1.807, 2.05) is 0 Å². The molecule has 4 aromatic rings. The summed E-state index contributed by atoms with van der Waals surface area (Å²) < 4.78 is 143. The molecule has 4 aromatic carbocycles. The maximum atomic E-state index is 13.1. The molecule has 4 aliphatic carbocycles. The van der Waals surface area contributed by atoms with Crippen LogP contribution in [0.1, 0.15) is 20.7 Å². The van der Waals surface area contributed by atoms with Gasteiger partial charge >= 0.3 is 124 Å². The first kappa shape index (κ1) is 69.0. The SMILES string of the molecule is N=C1C=CC2=CC(S(=O)(=O)[O-])=CC(=O)C2=C1NNc1ccc(NC(=O)c2ccc(NC(=O)Nc3ccc(C(=O)Nc4ccc(NNC5=C6C(=O)C=C(S(=O)(=O)[O-])C=C6C=CC5=N)c(S(=O)(=O)[O-])c4)cc3)cc2)cc1S(=O)(=O)[O-].[Na+].[Na+].[Na+].[Na+]. The third-order valence-electron chi connectivity index (χ3n) is 11.2. The molecule has 0 aliphatic heterocycles. The summed E-state index contributed by atoms with van der Waals surface area (Å²) in [6.07, 6.45) is 7.76. The molecule has 82 heavy (non-hydrogen) atoms. The molecule has 0 saturated carbocycles. The number of urea groups is 1. The van der Waals surface area contributed by atoms with E-state index in [4.69, 9.17) is 10.8 Å². The average Bonchev–Trinajstić information content (AvgIpc) is 3.36. The second-order valence-electron chi connectivity index (χ2n) is 16.4. The van der Waals surface area contributed by atoms with Gasteiger partial charge in [-0.1, -0.05) is 12.2 Å². The number of fused-ring (bicyclic) bond motifs is 2. The number of amides is 4. The molecule has 0 bridgehead atoms. The van der Waals surface area contributed by atoms with Crippen LogP contribution in [0, 0.1) is 10.8 Å². The first-order valence-electron chi connectivity index (χ1n) is 21.6. The molecule has 0 heterocycles. The quantitative estimate of drug-likeness (QED) is 0.0283. The summed E-state index contributed by atoms with van der Waals surface area (Å²) in [5, 5.41) is 26.4. The van der Waals surface area contributed by atoms with Crippen LogP contribution in [0.25, 0.3) is 0 Å². The van der Waals surface area contributed by atoms with E-state index in [1.54, 1.807) is 0 Å². The van der Waals surface area contributed by atoms with E-state index in [2.05, 4.69) is 43.0 Å². The molecular weight excluding hydrogens is 1200 g/mol. The van der Waals surface area contributed by atoms with Gasteiger partial charge in [-0.2, -0.15) is 0 Å². The number of carbonyl (C=O) groups excluding carboxylic acids is 5. The number of ketones is 2. The minimum absolute atomic E-state index is 0. The van der Waals surface area contributed by atoms with Gasteiger partial charge in [0.1, 0.15) is 40.5 Å². The number of rotatable bonds is 16. The predicted octanol–water partition coefficient (Wildman–Crippen LogP) is -8.94. The van der Waals surface area contributed by atoms with Crippen molar-refractivity contribution in [1.82, 2.24) is 10.9 Å². The molecule has 0 saturated heterocycles. The van der Waals surface area contributed by atoms with Crippen LogP contribution in [0.4, 0.5) is 38.9 Å². The Bertz CT molecular complexity index is 3900. The molecule has 0 radical (unpaired) electrons. The second-order valence-corrected chi connectivity index (χ2v) is 21.9. The monoisotopic (exact) mass is 1230 g/mol. The summed E-state index contributed by atoms with van der Waals surface area (Å²) >= 11 is 0. The van der Waals surface area contributed by atoms with Gasteiger partial charge in [-0.05, 0) is 120 Å². The van der Waals surface area contributed by atoms with Crippen LogP contribution in [-0.4, -0.2) is 92.7 Å². The van der Waals surface area contributed by atoms with E-state index in [-0.39, 0.29) is 209 Å². The summed E-state index contributed by atoms with van der Waals surface area (Å²) in [5.41, 5.74) is 7.56.